The largest absolute Gasteiger partial charge is 0.481 e. The molecule has 0 saturated heterocycles. The van der Waals surface area contributed by atoms with Gasteiger partial charge in [0.2, 0.25) is 5.91 Å². The molecule has 1 heterocycles. The number of aromatic nitrogens is 2. The van der Waals surface area contributed by atoms with Gasteiger partial charge in [0.15, 0.2) is 0 Å². The molecule has 0 fully saturated rings. The zero-order chi connectivity index (χ0) is 14.4. The van der Waals surface area contributed by atoms with Gasteiger partial charge in [0.05, 0.1) is 12.6 Å². The molecule has 0 radical (unpaired) electrons. The van der Waals surface area contributed by atoms with Crippen molar-refractivity contribution in [1.29, 1.82) is 0 Å². The van der Waals surface area contributed by atoms with Gasteiger partial charge in [0.25, 0.3) is 0 Å². The van der Waals surface area contributed by atoms with E-state index in [0.29, 0.717) is 6.54 Å². The van der Waals surface area contributed by atoms with Gasteiger partial charge >= 0.3 is 5.97 Å². The van der Waals surface area contributed by atoms with Crippen molar-refractivity contribution < 1.29 is 14.7 Å². The Morgan fingerprint density at radius 2 is 2.26 bits per heavy atom. The molecule has 1 unspecified atom stereocenters. The molecule has 0 aliphatic carbocycles. The van der Waals surface area contributed by atoms with Crippen LogP contribution >= 0.6 is 0 Å². The van der Waals surface area contributed by atoms with E-state index in [2.05, 4.69) is 5.10 Å². The number of carbonyl (C=O) groups excluding carboxylic acids is 1. The van der Waals surface area contributed by atoms with Crippen molar-refractivity contribution in [1.82, 2.24) is 14.7 Å². The van der Waals surface area contributed by atoms with Crippen molar-refractivity contribution in [2.24, 2.45) is 7.05 Å². The fourth-order valence-corrected chi connectivity index (χ4v) is 1.84. The second kappa shape index (κ2) is 6.72. The van der Waals surface area contributed by atoms with Crippen molar-refractivity contribution in [3.63, 3.8) is 0 Å². The smallest absolute Gasteiger partial charge is 0.305 e. The average Bonchev–Trinajstić information content (AvgIpc) is 2.72. The summed E-state index contributed by atoms with van der Waals surface area (Å²) in [5.74, 6) is -1.10. The summed E-state index contributed by atoms with van der Waals surface area (Å²) in [6.45, 7) is 4.03. The molecule has 1 atom stereocenters. The lowest BCUT2D eigenvalue weighted by molar-refractivity contribution is -0.139. The molecule has 0 saturated carbocycles. The highest BCUT2D eigenvalue weighted by Crippen LogP contribution is 2.07. The maximum atomic E-state index is 12.0. The lowest BCUT2D eigenvalue weighted by atomic mass is 10.2. The fraction of sp³-hybridized carbons (Fsp3) is 0.462. The summed E-state index contributed by atoms with van der Waals surface area (Å²) in [7, 11) is 1.80. The van der Waals surface area contributed by atoms with E-state index in [-0.39, 0.29) is 18.4 Å². The zero-order valence-corrected chi connectivity index (χ0v) is 11.4. The number of amides is 1. The molecule has 0 aliphatic heterocycles. The van der Waals surface area contributed by atoms with Gasteiger partial charge in [-0.15, -0.1) is 0 Å². The number of hydrogen-bond acceptors (Lipinski definition) is 3. The molecule has 1 rings (SSSR count). The molecular formula is C13H19N3O3. The summed E-state index contributed by atoms with van der Waals surface area (Å²) in [5, 5.41) is 12.8. The molecule has 0 aliphatic rings. The van der Waals surface area contributed by atoms with E-state index >= 15 is 0 Å². The van der Waals surface area contributed by atoms with Gasteiger partial charge in [0, 0.05) is 37.5 Å². The Morgan fingerprint density at radius 3 is 2.74 bits per heavy atom. The van der Waals surface area contributed by atoms with Gasteiger partial charge in [-0.1, -0.05) is 0 Å². The Labute approximate surface area is 112 Å². The van der Waals surface area contributed by atoms with Crippen molar-refractivity contribution >= 4 is 18.0 Å². The van der Waals surface area contributed by atoms with Crippen molar-refractivity contribution in [2.45, 2.75) is 26.3 Å². The number of carboxylic acid groups (broad SMARTS) is 1. The first-order chi connectivity index (χ1) is 8.93. The first-order valence-electron chi connectivity index (χ1n) is 6.13. The highest BCUT2D eigenvalue weighted by atomic mass is 16.4. The third-order valence-electron chi connectivity index (χ3n) is 2.77. The Morgan fingerprint density at radius 1 is 1.58 bits per heavy atom. The first-order valence-corrected chi connectivity index (χ1v) is 6.13. The van der Waals surface area contributed by atoms with Crippen molar-refractivity contribution in [3.05, 3.63) is 24.0 Å². The van der Waals surface area contributed by atoms with Gasteiger partial charge in [-0.2, -0.15) is 5.10 Å². The van der Waals surface area contributed by atoms with Crippen LogP contribution in [0.4, 0.5) is 0 Å². The summed E-state index contributed by atoms with van der Waals surface area (Å²) in [6, 6.07) is -0.325. The number of hydrogen-bond donors (Lipinski definition) is 1. The van der Waals surface area contributed by atoms with Crippen molar-refractivity contribution in [2.75, 3.05) is 6.54 Å². The predicted molar refractivity (Wildman–Crippen MR) is 71.3 cm³/mol. The van der Waals surface area contributed by atoms with Crippen LogP contribution in [0.15, 0.2) is 18.5 Å². The first kappa shape index (κ1) is 14.9. The van der Waals surface area contributed by atoms with E-state index in [1.807, 2.05) is 6.92 Å². The molecule has 0 bridgehead atoms. The van der Waals surface area contributed by atoms with Crippen LogP contribution in [0.1, 0.15) is 25.8 Å². The molecule has 1 amide bonds. The topological polar surface area (TPSA) is 75.4 Å². The van der Waals surface area contributed by atoms with Crippen LogP contribution in [-0.2, 0) is 16.6 Å². The van der Waals surface area contributed by atoms with E-state index in [1.165, 1.54) is 11.0 Å². The lowest BCUT2D eigenvalue weighted by Gasteiger charge is -2.25. The number of aliphatic carboxylic acids is 1. The van der Waals surface area contributed by atoms with Gasteiger partial charge < -0.3 is 10.0 Å². The Bertz CT molecular complexity index is 479. The minimum Gasteiger partial charge on any atom is -0.481 e. The van der Waals surface area contributed by atoms with Crippen LogP contribution in [0.5, 0.6) is 0 Å². The second-order valence-electron chi connectivity index (χ2n) is 4.35. The van der Waals surface area contributed by atoms with E-state index in [0.717, 1.165) is 5.56 Å². The summed E-state index contributed by atoms with van der Waals surface area (Å²) >= 11 is 0. The second-order valence-corrected chi connectivity index (χ2v) is 4.35. The number of carboxylic acids is 1. The van der Waals surface area contributed by atoms with Crippen LogP contribution in [-0.4, -0.2) is 44.3 Å². The predicted octanol–water partition coefficient (Wildman–Crippen LogP) is 1.15. The maximum absolute atomic E-state index is 12.0. The molecule has 1 N–H and O–H groups in total. The third kappa shape index (κ3) is 4.57. The van der Waals surface area contributed by atoms with Crippen LogP contribution < -0.4 is 0 Å². The minimum atomic E-state index is -0.907. The quantitative estimate of drug-likeness (QED) is 0.783. The zero-order valence-electron chi connectivity index (χ0n) is 11.4. The molecule has 0 spiro atoms. The Balaban J connectivity index is 2.68. The number of carbonyl (C=O) groups is 2. The highest BCUT2D eigenvalue weighted by molar-refractivity contribution is 5.92. The highest BCUT2D eigenvalue weighted by Gasteiger charge is 2.18. The lowest BCUT2D eigenvalue weighted by Crippen LogP contribution is -2.38. The third-order valence-corrected chi connectivity index (χ3v) is 2.77. The molecule has 19 heavy (non-hydrogen) atoms. The van der Waals surface area contributed by atoms with E-state index in [4.69, 9.17) is 5.11 Å². The van der Waals surface area contributed by atoms with Gasteiger partial charge in [0.1, 0.15) is 0 Å². The van der Waals surface area contributed by atoms with Crippen LogP contribution in [0.2, 0.25) is 0 Å². The van der Waals surface area contributed by atoms with E-state index in [9.17, 15) is 9.59 Å². The SMILES string of the molecule is CCN(C(=O)/C=C/c1cnn(C)c1)C(C)CC(=O)O. The fourth-order valence-electron chi connectivity index (χ4n) is 1.84. The van der Waals surface area contributed by atoms with Crippen molar-refractivity contribution in [3.8, 4) is 0 Å². The van der Waals surface area contributed by atoms with E-state index < -0.39 is 5.97 Å². The van der Waals surface area contributed by atoms with Crippen LogP contribution in [0.25, 0.3) is 6.08 Å². The summed E-state index contributed by atoms with van der Waals surface area (Å²) in [4.78, 5) is 24.2. The minimum absolute atomic E-state index is 0.0552. The van der Waals surface area contributed by atoms with E-state index in [1.54, 1.807) is 37.1 Å². The van der Waals surface area contributed by atoms with Crippen LogP contribution in [0.3, 0.4) is 0 Å². The molecule has 1 aromatic rings. The molecule has 6 nitrogen and oxygen atoms in total. The Kier molecular flexibility index (Phi) is 5.29. The maximum Gasteiger partial charge on any atom is 0.305 e. The van der Waals surface area contributed by atoms with Gasteiger partial charge in [-0.3, -0.25) is 14.3 Å². The molecule has 104 valence electrons. The van der Waals surface area contributed by atoms with Crippen LogP contribution in [0, 0.1) is 0 Å². The standard InChI is InChI=1S/C13H19N3O3/c1-4-16(10(2)7-13(18)19)12(17)6-5-11-8-14-15(3)9-11/h5-6,8-10H,4,7H2,1-3H3,(H,18,19)/b6-5+. The average molecular weight is 265 g/mol. The number of aryl methyl sites for hydroxylation is 1. The summed E-state index contributed by atoms with van der Waals surface area (Å²) in [6.07, 6.45) is 6.51. The molecule has 0 aromatic carbocycles. The molecular weight excluding hydrogens is 246 g/mol. The number of nitrogens with zero attached hydrogens (tertiary/aromatic N) is 3. The monoisotopic (exact) mass is 265 g/mol. The normalized spacial score (nSPS) is 12.6. The number of likely N-dealkylation sites (N-methyl/N-ethyl adjacent to an activating group) is 1. The molecule has 6 heteroatoms. The van der Waals surface area contributed by atoms with Gasteiger partial charge in [-0.05, 0) is 19.9 Å². The molecule has 1 aromatic heterocycles. The van der Waals surface area contributed by atoms with Gasteiger partial charge in [-0.25, -0.2) is 0 Å². The number of rotatable bonds is 6. The summed E-state index contributed by atoms with van der Waals surface area (Å²) < 4.78 is 1.65. The Hall–Kier alpha value is -2.11. The summed E-state index contributed by atoms with van der Waals surface area (Å²) in [5.41, 5.74) is 0.831.